The molecular formula is C27H30O5. The third-order valence-corrected chi connectivity index (χ3v) is 4.95. The SMILES string of the molecule is COCCOC(=O)c1cc(C(C)C)c(OCc2ccccc2)cc1OCc1ccccc1. The van der Waals surface area contributed by atoms with Crippen molar-refractivity contribution in [1.82, 2.24) is 0 Å². The lowest BCUT2D eigenvalue weighted by molar-refractivity contribution is 0.0383. The van der Waals surface area contributed by atoms with E-state index >= 15 is 0 Å². The van der Waals surface area contributed by atoms with E-state index < -0.39 is 5.97 Å². The third-order valence-electron chi connectivity index (χ3n) is 4.95. The molecule has 3 aromatic rings. The molecule has 5 heteroatoms. The van der Waals surface area contributed by atoms with Crippen LogP contribution in [0, 0.1) is 0 Å². The van der Waals surface area contributed by atoms with Gasteiger partial charge in [-0.25, -0.2) is 4.79 Å². The summed E-state index contributed by atoms with van der Waals surface area (Å²) < 4.78 is 22.6. The molecule has 0 aliphatic carbocycles. The van der Waals surface area contributed by atoms with Gasteiger partial charge in [0.25, 0.3) is 0 Å². The number of methoxy groups -OCH3 is 1. The fraction of sp³-hybridized carbons (Fsp3) is 0.296. The Morgan fingerprint density at radius 2 is 1.34 bits per heavy atom. The van der Waals surface area contributed by atoms with Gasteiger partial charge >= 0.3 is 5.97 Å². The highest BCUT2D eigenvalue weighted by Gasteiger charge is 2.21. The van der Waals surface area contributed by atoms with Crippen molar-refractivity contribution in [3.8, 4) is 11.5 Å². The van der Waals surface area contributed by atoms with Crippen molar-refractivity contribution in [2.75, 3.05) is 20.3 Å². The molecule has 0 radical (unpaired) electrons. The minimum atomic E-state index is -0.443. The summed E-state index contributed by atoms with van der Waals surface area (Å²) in [5, 5.41) is 0. The van der Waals surface area contributed by atoms with E-state index in [-0.39, 0.29) is 12.5 Å². The summed E-state index contributed by atoms with van der Waals surface area (Å²) >= 11 is 0. The molecule has 5 nitrogen and oxygen atoms in total. The molecule has 0 saturated carbocycles. The molecule has 3 aromatic carbocycles. The van der Waals surface area contributed by atoms with Crippen LogP contribution in [0.1, 0.15) is 46.8 Å². The molecule has 0 aliphatic rings. The van der Waals surface area contributed by atoms with Gasteiger partial charge in [-0.05, 0) is 28.7 Å². The van der Waals surface area contributed by atoms with E-state index in [1.54, 1.807) is 13.2 Å². The van der Waals surface area contributed by atoms with Crippen LogP contribution in [0.2, 0.25) is 0 Å². The van der Waals surface area contributed by atoms with Gasteiger partial charge in [0, 0.05) is 13.2 Å². The van der Waals surface area contributed by atoms with Gasteiger partial charge in [0.15, 0.2) is 0 Å². The standard InChI is InChI=1S/C27H30O5/c1-20(2)23-16-24(27(28)30-15-14-29-3)26(32-19-22-12-8-5-9-13-22)17-25(23)31-18-21-10-6-4-7-11-21/h4-13,16-17,20H,14-15,18-19H2,1-3H3. The van der Waals surface area contributed by atoms with Crippen LogP contribution in [0.4, 0.5) is 0 Å². The maximum Gasteiger partial charge on any atom is 0.342 e. The second-order valence-corrected chi connectivity index (χ2v) is 7.72. The molecule has 0 aliphatic heterocycles. The topological polar surface area (TPSA) is 54.0 Å². The first-order valence-electron chi connectivity index (χ1n) is 10.8. The van der Waals surface area contributed by atoms with Crippen LogP contribution in [0.15, 0.2) is 72.8 Å². The second-order valence-electron chi connectivity index (χ2n) is 7.72. The van der Waals surface area contributed by atoms with Crippen molar-refractivity contribution in [1.29, 1.82) is 0 Å². The first kappa shape index (κ1) is 23.4. The average Bonchev–Trinajstić information content (AvgIpc) is 2.82. The van der Waals surface area contributed by atoms with Crippen molar-refractivity contribution in [3.05, 3.63) is 95.1 Å². The number of rotatable bonds is 11. The Hall–Kier alpha value is -3.31. The molecule has 0 amide bonds. The summed E-state index contributed by atoms with van der Waals surface area (Å²) in [6.07, 6.45) is 0. The molecule has 0 atom stereocenters. The number of esters is 1. The first-order valence-corrected chi connectivity index (χ1v) is 10.8. The summed E-state index contributed by atoms with van der Waals surface area (Å²) in [7, 11) is 1.57. The second kappa shape index (κ2) is 11.9. The average molecular weight is 435 g/mol. The molecule has 0 aromatic heterocycles. The number of ether oxygens (including phenoxy) is 4. The van der Waals surface area contributed by atoms with E-state index in [0.717, 1.165) is 16.7 Å². The Labute approximate surface area is 189 Å². The number of carbonyl (C=O) groups excluding carboxylic acids is 1. The zero-order valence-electron chi connectivity index (χ0n) is 18.9. The lowest BCUT2D eigenvalue weighted by atomic mass is 9.98. The van der Waals surface area contributed by atoms with Crippen LogP contribution < -0.4 is 9.47 Å². The van der Waals surface area contributed by atoms with Crippen LogP contribution in [0.3, 0.4) is 0 Å². The van der Waals surface area contributed by atoms with Crippen molar-refractivity contribution in [2.24, 2.45) is 0 Å². The highest BCUT2D eigenvalue weighted by Crippen LogP contribution is 2.35. The number of benzene rings is 3. The van der Waals surface area contributed by atoms with Gasteiger partial charge in [0.1, 0.15) is 36.9 Å². The first-order chi connectivity index (χ1) is 15.6. The molecule has 168 valence electrons. The Morgan fingerprint density at radius 3 is 1.88 bits per heavy atom. The monoisotopic (exact) mass is 434 g/mol. The summed E-state index contributed by atoms with van der Waals surface area (Å²) in [6, 6.07) is 23.4. The van der Waals surface area contributed by atoms with E-state index in [1.165, 1.54) is 0 Å². The molecule has 0 saturated heterocycles. The lowest BCUT2D eigenvalue weighted by Gasteiger charge is -2.19. The van der Waals surface area contributed by atoms with Gasteiger partial charge in [-0.15, -0.1) is 0 Å². The fourth-order valence-corrected chi connectivity index (χ4v) is 3.20. The number of hydrogen-bond donors (Lipinski definition) is 0. The molecule has 3 rings (SSSR count). The summed E-state index contributed by atoms with van der Waals surface area (Å²) in [5.41, 5.74) is 3.38. The van der Waals surface area contributed by atoms with Gasteiger partial charge in [0.2, 0.25) is 0 Å². The summed E-state index contributed by atoms with van der Waals surface area (Å²) in [6.45, 7) is 5.40. The van der Waals surface area contributed by atoms with E-state index in [4.69, 9.17) is 18.9 Å². The lowest BCUT2D eigenvalue weighted by Crippen LogP contribution is -2.13. The Kier molecular flexibility index (Phi) is 8.70. The zero-order chi connectivity index (χ0) is 22.8. The summed E-state index contributed by atoms with van der Waals surface area (Å²) in [5.74, 6) is 0.834. The fourth-order valence-electron chi connectivity index (χ4n) is 3.20. The van der Waals surface area contributed by atoms with Gasteiger partial charge in [-0.2, -0.15) is 0 Å². The molecule has 0 bridgehead atoms. The largest absolute Gasteiger partial charge is 0.488 e. The highest BCUT2D eigenvalue weighted by molar-refractivity contribution is 5.93. The van der Waals surface area contributed by atoms with Crippen LogP contribution in [-0.4, -0.2) is 26.3 Å². The van der Waals surface area contributed by atoms with E-state index in [2.05, 4.69) is 13.8 Å². The van der Waals surface area contributed by atoms with Gasteiger partial charge in [-0.3, -0.25) is 0 Å². The molecule has 0 spiro atoms. The van der Waals surface area contributed by atoms with Gasteiger partial charge in [-0.1, -0.05) is 74.5 Å². The van der Waals surface area contributed by atoms with Crippen molar-refractivity contribution < 1.29 is 23.7 Å². The molecule has 0 fully saturated rings. The van der Waals surface area contributed by atoms with Crippen LogP contribution in [-0.2, 0) is 22.7 Å². The van der Waals surface area contributed by atoms with Crippen LogP contribution in [0.5, 0.6) is 11.5 Å². The maximum atomic E-state index is 12.8. The number of carbonyl (C=O) groups is 1. The molecule has 0 unspecified atom stereocenters. The third kappa shape index (κ3) is 6.59. The van der Waals surface area contributed by atoms with Crippen molar-refractivity contribution >= 4 is 5.97 Å². The molecule has 0 heterocycles. The Balaban J connectivity index is 1.90. The normalized spacial score (nSPS) is 10.8. The predicted octanol–water partition coefficient (Wildman–Crippen LogP) is 5.77. The minimum absolute atomic E-state index is 0.148. The highest BCUT2D eigenvalue weighted by atomic mass is 16.6. The van der Waals surface area contributed by atoms with Gasteiger partial charge in [0.05, 0.1) is 6.61 Å². The molecule has 0 N–H and O–H groups in total. The number of hydrogen-bond acceptors (Lipinski definition) is 5. The van der Waals surface area contributed by atoms with E-state index in [1.807, 2.05) is 66.7 Å². The zero-order valence-corrected chi connectivity index (χ0v) is 18.9. The quantitative estimate of drug-likeness (QED) is 0.283. The van der Waals surface area contributed by atoms with Crippen LogP contribution >= 0.6 is 0 Å². The minimum Gasteiger partial charge on any atom is -0.488 e. The van der Waals surface area contributed by atoms with E-state index in [9.17, 15) is 4.79 Å². The van der Waals surface area contributed by atoms with Crippen LogP contribution in [0.25, 0.3) is 0 Å². The maximum absolute atomic E-state index is 12.8. The Morgan fingerprint density at radius 1 is 0.781 bits per heavy atom. The van der Waals surface area contributed by atoms with Crippen molar-refractivity contribution in [3.63, 3.8) is 0 Å². The van der Waals surface area contributed by atoms with Crippen molar-refractivity contribution in [2.45, 2.75) is 33.0 Å². The van der Waals surface area contributed by atoms with Gasteiger partial charge < -0.3 is 18.9 Å². The predicted molar refractivity (Wildman–Crippen MR) is 124 cm³/mol. The Bertz CT molecular complexity index is 984. The molecule has 32 heavy (non-hydrogen) atoms. The van der Waals surface area contributed by atoms with E-state index in [0.29, 0.717) is 36.9 Å². The smallest absolute Gasteiger partial charge is 0.342 e. The molecular weight excluding hydrogens is 404 g/mol. The summed E-state index contributed by atoms with van der Waals surface area (Å²) in [4.78, 5) is 12.8.